The van der Waals surface area contributed by atoms with Crippen LogP contribution >= 0.6 is 0 Å². The summed E-state index contributed by atoms with van der Waals surface area (Å²) < 4.78 is 24.5. The zero-order valence-corrected chi connectivity index (χ0v) is 25.0. The van der Waals surface area contributed by atoms with Crippen molar-refractivity contribution in [3.05, 3.63) is 48.2 Å². The molecule has 0 spiro atoms. The zero-order valence-electron chi connectivity index (χ0n) is 22.1. The van der Waals surface area contributed by atoms with Gasteiger partial charge in [-0.1, -0.05) is 0 Å². The summed E-state index contributed by atoms with van der Waals surface area (Å²) in [4.78, 5) is 11.1. The number of unbranched alkanes of at least 4 members (excludes halogenated alkanes) is 3. The topological polar surface area (TPSA) is 44.8 Å². The summed E-state index contributed by atoms with van der Waals surface area (Å²) in [6, 6.07) is 9.99. The van der Waals surface area contributed by atoms with Gasteiger partial charge in [0, 0.05) is 0 Å². The molecule has 0 aromatic heterocycles. The maximum atomic E-state index is 11.1. The van der Waals surface area contributed by atoms with Gasteiger partial charge in [-0.25, -0.2) is 0 Å². The van der Waals surface area contributed by atoms with E-state index < -0.39 is 30.3 Å². The predicted octanol–water partition coefficient (Wildman–Crippen LogP) is 8.22. The Bertz CT molecular complexity index is 686. The number of rotatable bonds is 17. The first kappa shape index (κ1) is 29.4. The van der Waals surface area contributed by atoms with Gasteiger partial charge in [-0.05, 0) is 0 Å². The fourth-order valence-corrected chi connectivity index (χ4v) is 20.0. The molecule has 34 heavy (non-hydrogen) atoms. The number of carbonyl (C=O) groups is 1. The third-order valence-corrected chi connectivity index (χ3v) is 22.5. The van der Waals surface area contributed by atoms with Gasteiger partial charge in [0.05, 0.1) is 0 Å². The van der Waals surface area contributed by atoms with Crippen LogP contribution in [-0.2, 0) is 19.0 Å². The first-order valence-corrected chi connectivity index (χ1v) is 21.7. The van der Waals surface area contributed by atoms with Gasteiger partial charge in [0.15, 0.2) is 0 Å². The van der Waals surface area contributed by atoms with Crippen LogP contribution in [-0.4, -0.2) is 43.0 Å². The summed E-state index contributed by atoms with van der Waals surface area (Å²) in [5.74, 6) is 0. The van der Waals surface area contributed by atoms with Crippen molar-refractivity contribution >= 4 is 24.7 Å². The number of benzene rings is 1. The van der Waals surface area contributed by atoms with Gasteiger partial charge in [0.2, 0.25) is 0 Å². The Labute approximate surface area is 212 Å². The summed E-state index contributed by atoms with van der Waals surface area (Å²) >= 11 is -2.21. The predicted molar refractivity (Wildman–Crippen MR) is 144 cm³/mol. The number of allylic oxidation sites excluding steroid dienone is 1. The number of hydrogen-bond donors (Lipinski definition) is 0. The Kier molecular flexibility index (Phi) is 13.8. The van der Waals surface area contributed by atoms with Crippen LogP contribution in [0.25, 0.3) is 0 Å². The van der Waals surface area contributed by atoms with E-state index in [1.165, 1.54) is 56.3 Å². The van der Waals surface area contributed by atoms with Crippen molar-refractivity contribution in [2.45, 2.75) is 115 Å². The van der Waals surface area contributed by atoms with Gasteiger partial charge in [-0.15, -0.1) is 0 Å². The van der Waals surface area contributed by atoms with Crippen molar-refractivity contribution < 1.29 is 19.0 Å². The molecule has 1 aromatic rings. The first-order valence-electron chi connectivity index (χ1n) is 13.6. The fourth-order valence-electron chi connectivity index (χ4n) is 4.99. The van der Waals surface area contributed by atoms with E-state index in [9.17, 15) is 4.79 Å². The van der Waals surface area contributed by atoms with Crippen LogP contribution in [0.1, 0.15) is 90.9 Å². The van der Waals surface area contributed by atoms with E-state index in [4.69, 9.17) is 14.2 Å². The molecule has 5 heteroatoms. The van der Waals surface area contributed by atoms with Gasteiger partial charge in [0.1, 0.15) is 0 Å². The van der Waals surface area contributed by atoms with Crippen molar-refractivity contribution in [2.75, 3.05) is 6.61 Å². The summed E-state index contributed by atoms with van der Waals surface area (Å²) in [7, 11) is 0. The molecule has 192 valence electrons. The van der Waals surface area contributed by atoms with E-state index >= 15 is 0 Å². The monoisotopic (exact) mass is 580 g/mol. The molecule has 2 rings (SSSR count). The molecular weight excluding hydrogens is 531 g/mol. The normalized spacial score (nSPS) is 23.3. The van der Waals surface area contributed by atoms with E-state index in [0.717, 1.165) is 11.8 Å². The third-order valence-electron chi connectivity index (χ3n) is 7.28. The zero-order chi connectivity index (χ0) is 24.7. The molecule has 0 N–H and O–H groups in total. The number of aldehydes is 1. The van der Waals surface area contributed by atoms with E-state index in [1.807, 2.05) is 36.6 Å². The van der Waals surface area contributed by atoms with E-state index in [2.05, 4.69) is 33.8 Å². The molecule has 4 nitrogen and oxygen atoms in total. The number of hydrogen-bond acceptors (Lipinski definition) is 4. The Morgan fingerprint density at radius 3 is 2.21 bits per heavy atom. The van der Waals surface area contributed by atoms with Crippen LogP contribution in [0.5, 0.6) is 0 Å². The van der Waals surface area contributed by atoms with Crippen LogP contribution < -0.4 is 0 Å². The van der Waals surface area contributed by atoms with Gasteiger partial charge in [-0.2, -0.15) is 0 Å². The molecule has 1 aliphatic rings. The third kappa shape index (κ3) is 9.31. The van der Waals surface area contributed by atoms with E-state index in [-0.39, 0.29) is 6.10 Å². The molecule has 1 saturated heterocycles. The van der Waals surface area contributed by atoms with Crippen molar-refractivity contribution in [1.82, 2.24) is 0 Å². The molecule has 1 heterocycles. The average Bonchev–Trinajstić information content (AvgIpc) is 2.87. The minimum absolute atomic E-state index is 0.199. The quantitative estimate of drug-likeness (QED) is 0.106. The molecule has 0 radical (unpaired) electrons. The Balaban J connectivity index is 2.07. The summed E-state index contributed by atoms with van der Waals surface area (Å²) in [5.41, 5.74) is 0.400. The van der Waals surface area contributed by atoms with Crippen molar-refractivity contribution in [3.8, 4) is 0 Å². The van der Waals surface area contributed by atoms with Gasteiger partial charge in [-0.3, -0.25) is 0 Å². The Morgan fingerprint density at radius 1 is 1.03 bits per heavy atom. The molecule has 3 atom stereocenters. The van der Waals surface area contributed by atoms with Crippen LogP contribution in [0.15, 0.2) is 42.7 Å². The van der Waals surface area contributed by atoms with Crippen molar-refractivity contribution in [3.63, 3.8) is 0 Å². The standard InChI is InChI=1S/C17H21O4.3C4H9.Sn/c1-3-12-20-17(2)13-19-16(14-8-5-4-6-9-14)21-15(17)10-7-11-18;3*1-3-4-2;/h3-6,8-9,11-12,15-16H,1,7,10,13H2,2H3;3*1,3-4H2,2H3;/b12-3+;;;;/t15-,16+,17+;;;;/m1..../s1. The molecule has 0 aliphatic carbocycles. The van der Waals surface area contributed by atoms with Gasteiger partial charge >= 0.3 is 213 Å². The summed E-state index contributed by atoms with van der Waals surface area (Å²) in [6.07, 6.45) is 13.7. The van der Waals surface area contributed by atoms with Crippen molar-refractivity contribution in [1.29, 1.82) is 0 Å². The van der Waals surface area contributed by atoms with Crippen LogP contribution in [0, 0.1) is 0 Å². The maximum absolute atomic E-state index is 11.1. The molecule has 0 amide bonds. The molecule has 1 aromatic carbocycles. The second-order valence-corrected chi connectivity index (χ2v) is 24.2. The second kappa shape index (κ2) is 16.0. The van der Waals surface area contributed by atoms with Crippen LogP contribution in [0.2, 0.25) is 17.7 Å². The first-order chi connectivity index (χ1) is 16.5. The number of ether oxygens (including phenoxy) is 3. The van der Waals surface area contributed by atoms with Crippen molar-refractivity contribution in [2.24, 2.45) is 0 Å². The fraction of sp³-hybridized carbons (Fsp3) is 0.690. The van der Waals surface area contributed by atoms with Gasteiger partial charge < -0.3 is 0 Å². The second-order valence-electron chi connectivity index (χ2n) is 10.2. The molecule has 1 aliphatic heterocycles. The molecule has 0 unspecified atom stereocenters. The molecular formula is C29H48O4Sn. The Hall–Kier alpha value is -0.851. The average molecular weight is 579 g/mol. The van der Waals surface area contributed by atoms with Crippen LogP contribution in [0.3, 0.4) is 0 Å². The molecule has 0 saturated carbocycles. The SMILES string of the molecule is CCC[CH2][Sn]([CH2]/C=C/O[C@@]1(C)CO[C@H](c2ccccc2)O[C@@H]1CCC=O)([CH2]CCC)[CH2]CCC. The van der Waals surface area contributed by atoms with Gasteiger partial charge in [0.25, 0.3) is 0 Å². The Morgan fingerprint density at radius 2 is 1.65 bits per heavy atom. The minimum atomic E-state index is -2.21. The van der Waals surface area contributed by atoms with E-state index in [1.54, 1.807) is 0 Å². The number of carbonyl (C=O) groups excluding carboxylic acids is 1. The summed E-state index contributed by atoms with van der Waals surface area (Å²) in [5, 5.41) is 0. The summed E-state index contributed by atoms with van der Waals surface area (Å²) in [6.45, 7) is 9.45. The molecule has 1 fully saturated rings. The molecule has 0 bridgehead atoms. The van der Waals surface area contributed by atoms with E-state index in [0.29, 0.717) is 19.4 Å². The van der Waals surface area contributed by atoms with Crippen LogP contribution in [0.4, 0.5) is 0 Å².